The number of nitrogens with one attached hydrogen (secondary N) is 2. The highest BCUT2D eigenvalue weighted by molar-refractivity contribution is 5.94. The van der Waals surface area contributed by atoms with Gasteiger partial charge in [-0.15, -0.1) is 0 Å². The average Bonchev–Trinajstić information content (AvgIpc) is 3.19. The van der Waals surface area contributed by atoms with Crippen LogP contribution in [0.3, 0.4) is 0 Å². The molecule has 1 atom stereocenters. The van der Waals surface area contributed by atoms with Gasteiger partial charge in [-0.25, -0.2) is 0 Å². The van der Waals surface area contributed by atoms with Crippen LogP contribution >= 0.6 is 0 Å². The Morgan fingerprint density at radius 2 is 1.69 bits per heavy atom. The van der Waals surface area contributed by atoms with Gasteiger partial charge >= 0.3 is 0 Å². The van der Waals surface area contributed by atoms with Crippen LogP contribution < -0.4 is 10.6 Å². The minimum Gasteiger partial charge on any atom is -0.354 e. The molecule has 0 radical (unpaired) electrons. The van der Waals surface area contributed by atoms with E-state index < -0.39 is 0 Å². The SMILES string of the molecule is CN=C(NCCNC(=O)c1ccccc1)N1CCC(c2ccccc2)C1. The predicted molar refractivity (Wildman–Crippen MR) is 106 cm³/mol. The molecule has 2 aromatic rings. The van der Waals surface area contributed by atoms with Gasteiger partial charge in [-0.05, 0) is 24.1 Å². The number of likely N-dealkylation sites (tertiary alicyclic amines) is 1. The van der Waals surface area contributed by atoms with E-state index in [9.17, 15) is 4.79 Å². The highest BCUT2D eigenvalue weighted by atomic mass is 16.1. The summed E-state index contributed by atoms with van der Waals surface area (Å²) >= 11 is 0. The molecule has 3 rings (SSSR count). The molecule has 0 aliphatic carbocycles. The zero-order valence-electron chi connectivity index (χ0n) is 15.2. The first kappa shape index (κ1) is 18.0. The maximum absolute atomic E-state index is 12.0. The summed E-state index contributed by atoms with van der Waals surface area (Å²) < 4.78 is 0. The number of nitrogens with zero attached hydrogens (tertiary/aromatic N) is 2. The Balaban J connectivity index is 1.43. The number of guanidine groups is 1. The second-order valence-electron chi connectivity index (χ2n) is 6.44. The first-order chi connectivity index (χ1) is 12.8. The van der Waals surface area contributed by atoms with Gasteiger partial charge in [0.05, 0.1) is 0 Å². The standard InChI is InChI=1S/C21H26N4O/c1-22-21(24-14-13-23-20(26)18-10-6-3-7-11-18)25-15-12-19(16-25)17-8-4-2-5-9-17/h2-11,19H,12-16H2,1H3,(H,22,24)(H,23,26). The molecule has 1 saturated heterocycles. The van der Waals surface area contributed by atoms with Crippen LogP contribution in [-0.4, -0.2) is 50.0 Å². The minimum atomic E-state index is -0.0484. The molecule has 136 valence electrons. The summed E-state index contributed by atoms with van der Waals surface area (Å²) in [5.74, 6) is 1.40. The van der Waals surface area contributed by atoms with Crippen LogP contribution in [0.5, 0.6) is 0 Å². The largest absolute Gasteiger partial charge is 0.354 e. The zero-order valence-corrected chi connectivity index (χ0v) is 15.2. The van der Waals surface area contributed by atoms with E-state index in [2.05, 4.69) is 50.9 Å². The first-order valence-electron chi connectivity index (χ1n) is 9.11. The molecule has 1 fully saturated rings. The molecule has 2 aromatic carbocycles. The van der Waals surface area contributed by atoms with Crippen molar-refractivity contribution in [1.29, 1.82) is 0 Å². The predicted octanol–water partition coefficient (Wildman–Crippen LogP) is 2.48. The van der Waals surface area contributed by atoms with E-state index in [1.807, 2.05) is 30.3 Å². The Morgan fingerprint density at radius 1 is 1.04 bits per heavy atom. The second-order valence-corrected chi connectivity index (χ2v) is 6.44. The van der Waals surface area contributed by atoms with Crippen molar-refractivity contribution in [3.05, 3.63) is 71.8 Å². The van der Waals surface area contributed by atoms with Crippen LogP contribution in [-0.2, 0) is 0 Å². The van der Waals surface area contributed by atoms with Crippen molar-refractivity contribution >= 4 is 11.9 Å². The molecular formula is C21H26N4O. The van der Waals surface area contributed by atoms with Crippen LogP contribution in [0.1, 0.15) is 28.3 Å². The number of carbonyl (C=O) groups is 1. The Kier molecular flexibility index (Phi) is 6.25. The number of carbonyl (C=O) groups excluding carboxylic acids is 1. The van der Waals surface area contributed by atoms with E-state index in [0.29, 0.717) is 24.6 Å². The highest BCUT2D eigenvalue weighted by Crippen LogP contribution is 2.26. The normalized spacial score (nSPS) is 17.2. The number of amides is 1. The fourth-order valence-electron chi connectivity index (χ4n) is 3.32. The Hall–Kier alpha value is -2.82. The maximum Gasteiger partial charge on any atom is 0.251 e. The lowest BCUT2D eigenvalue weighted by atomic mass is 9.99. The van der Waals surface area contributed by atoms with Crippen molar-refractivity contribution in [2.75, 3.05) is 33.2 Å². The molecule has 5 heteroatoms. The summed E-state index contributed by atoms with van der Waals surface area (Å²) in [7, 11) is 1.81. The van der Waals surface area contributed by atoms with Gasteiger partial charge in [0.15, 0.2) is 5.96 Å². The lowest BCUT2D eigenvalue weighted by molar-refractivity contribution is 0.0954. The highest BCUT2D eigenvalue weighted by Gasteiger charge is 2.25. The monoisotopic (exact) mass is 350 g/mol. The van der Waals surface area contributed by atoms with Gasteiger partial charge in [0.25, 0.3) is 5.91 Å². The average molecular weight is 350 g/mol. The van der Waals surface area contributed by atoms with E-state index in [4.69, 9.17) is 0 Å². The van der Waals surface area contributed by atoms with Crippen molar-refractivity contribution in [3.8, 4) is 0 Å². The van der Waals surface area contributed by atoms with Crippen molar-refractivity contribution in [2.24, 2.45) is 4.99 Å². The summed E-state index contributed by atoms with van der Waals surface area (Å²) in [6, 6.07) is 19.9. The van der Waals surface area contributed by atoms with Gasteiger partial charge in [-0.3, -0.25) is 9.79 Å². The van der Waals surface area contributed by atoms with E-state index in [1.54, 1.807) is 7.05 Å². The molecule has 0 aromatic heterocycles. The summed E-state index contributed by atoms with van der Waals surface area (Å²) in [6.45, 7) is 3.18. The molecule has 1 aliphatic heterocycles. The second kappa shape index (κ2) is 9.04. The Bertz CT molecular complexity index is 730. The molecule has 26 heavy (non-hydrogen) atoms. The van der Waals surface area contributed by atoms with E-state index in [0.717, 1.165) is 25.5 Å². The lowest BCUT2D eigenvalue weighted by Crippen LogP contribution is -2.43. The minimum absolute atomic E-state index is 0.0484. The Labute approximate surface area is 155 Å². The van der Waals surface area contributed by atoms with Gasteiger partial charge in [-0.1, -0.05) is 48.5 Å². The Morgan fingerprint density at radius 3 is 2.38 bits per heavy atom. The summed E-state index contributed by atoms with van der Waals surface area (Å²) in [5, 5.41) is 6.28. The molecule has 1 amide bonds. The quantitative estimate of drug-likeness (QED) is 0.495. The molecule has 0 saturated carbocycles. The topological polar surface area (TPSA) is 56.7 Å². The molecule has 5 nitrogen and oxygen atoms in total. The van der Waals surface area contributed by atoms with Crippen LogP contribution in [0.2, 0.25) is 0 Å². The van der Waals surface area contributed by atoms with Crippen LogP contribution in [0, 0.1) is 0 Å². The molecule has 0 bridgehead atoms. The van der Waals surface area contributed by atoms with E-state index >= 15 is 0 Å². The van der Waals surface area contributed by atoms with E-state index in [-0.39, 0.29) is 5.91 Å². The van der Waals surface area contributed by atoms with Gasteiger partial charge < -0.3 is 15.5 Å². The van der Waals surface area contributed by atoms with E-state index in [1.165, 1.54) is 5.56 Å². The van der Waals surface area contributed by atoms with Crippen molar-refractivity contribution in [2.45, 2.75) is 12.3 Å². The van der Waals surface area contributed by atoms with Gasteiger partial charge in [0, 0.05) is 44.7 Å². The molecule has 1 heterocycles. The fourth-order valence-corrected chi connectivity index (χ4v) is 3.32. The smallest absolute Gasteiger partial charge is 0.251 e. The van der Waals surface area contributed by atoms with Crippen LogP contribution in [0.25, 0.3) is 0 Å². The molecule has 2 N–H and O–H groups in total. The van der Waals surface area contributed by atoms with Crippen molar-refractivity contribution < 1.29 is 4.79 Å². The first-order valence-corrected chi connectivity index (χ1v) is 9.11. The molecule has 1 aliphatic rings. The number of hydrogen-bond donors (Lipinski definition) is 2. The van der Waals surface area contributed by atoms with Gasteiger partial charge in [0.1, 0.15) is 0 Å². The van der Waals surface area contributed by atoms with Crippen molar-refractivity contribution in [3.63, 3.8) is 0 Å². The zero-order chi connectivity index (χ0) is 18.2. The summed E-state index contributed by atoms with van der Waals surface area (Å²) in [4.78, 5) is 18.7. The van der Waals surface area contributed by atoms with Gasteiger partial charge in [0.2, 0.25) is 0 Å². The fraction of sp³-hybridized carbons (Fsp3) is 0.333. The third-order valence-electron chi connectivity index (χ3n) is 4.70. The lowest BCUT2D eigenvalue weighted by Gasteiger charge is -2.22. The summed E-state index contributed by atoms with van der Waals surface area (Å²) in [5.41, 5.74) is 2.07. The summed E-state index contributed by atoms with van der Waals surface area (Å²) in [6.07, 6.45) is 1.13. The van der Waals surface area contributed by atoms with Crippen molar-refractivity contribution in [1.82, 2.24) is 15.5 Å². The third kappa shape index (κ3) is 4.63. The molecule has 1 unspecified atom stereocenters. The number of aliphatic imine (C=N–C) groups is 1. The number of benzene rings is 2. The van der Waals surface area contributed by atoms with Crippen LogP contribution in [0.4, 0.5) is 0 Å². The maximum atomic E-state index is 12.0. The molecule has 0 spiro atoms. The number of rotatable bonds is 5. The van der Waals surface area contributed by atoms with Gasteiger partial charge in [-0.2, -0.15) is 0 Å². The number of hydrogen-bond acceptors (Lipinski definition) is 2. The van der Waals surface area contributed by atoms with Crippen LogP contribution in [0.15, 0.2) is 65.7 Å². The third-order valence-corrected chi connectivity index (χ3v) is 4.70. The molecular weight excluding hydrogens is 324 g/mol.